The number of hydrogen-bond acceptors (Lipinski definition) is 2. The zero-order chi connectivity index (χ0) is 15.4. The number of aryl methyl sites for hydroxylation is 2. The van der Waals surface area contributed by atoms with Crippen LogP contribution < -0.4 is 10.6 Å². The molecule has 2 aromatic carbocycles. The largest absolute Gasteiger partial charge is 0.355 e. The maximum Gasteiger partial charge on any atom is 0.255 e. The lowest BCUT2D eigenvalue weighted by atomic mass is 10.1. The molecule has 0 aromatic heterocycles. The van der Waals surface area contributed by atoms with Crippen LogP contribution in [-0.4, -0.2) is 18.9 Å². The summed E-state index contributed by atoms with van der Waals surface area (Å²) in [7, 11) is 1.58. The molecule has 0 aliphatic carbocycles. The van der Waals surface area contributed by atoms with Gasteiger partial charge in [-0.15, -0.1) is 0 Å². The van der Waals surface area contributed by atoms with Crippen molar-refractivity contribution in [3.63, 3.8) is 0 Å². The molecule has 2 N–H and O–H groups in total. The molecular formula is C17H18N2O2. The topological polar surface area (TPSA) is 58.2 Å². The molecule has 4 heteroatoms. The molecule has 2 amide bonds. The smallest absolute Gasteiger partial charge is 0.255 e. The third-order valence-corrected chi connectivity index (χ3v) is 3.12. The fourth-order valence-corrected chi connectivity index (χ4v) is 2.16. The second-order valence-electron chi connectivity index (χ2n) is 4.99. The van der Waals surface area contributed by atoms with Gasteiger partial charge in [-0.1, -0.05) is 17.2 Å². The van der Waals surface area contributed by atoms with E-state index in [4.69, 9.17) is 0 Å². The van der Waals surface area contributed by atoms with E-state index in [9.17, 15) is 9.59 Å². The number of rotatable bonds is 3. The first kappa shape index (κ1) is 14.8. The summed E-state index contributed by atoms with van der Waals surface area (Å²) in [4.78, 5) is 23.6. The second-order valence-corrected chi connectivity index (χ2v) is 4.99. The van der Waals surface area contributed by atoms with E-state index in [1.165, 1.54) is 0 Å². The summed E-state index contributed by atoms with van der Waals surface area (Å²) in [5.74, 6) is -0.309. The summed E-state index contributed by atoms with van der Waals surface area (Å²) in [6.07, 6.45) is 0. The highest BCUT2D eigenvalue weighted by molar-refractivity contribution is 6.04. The molecule has 108 valence electrons. The summed E-state index contributed by atoms with van der Waals surface area (Å²) in [5.41, 5.74) is 3.95. The van der Waals surface area contributed by atoms with Crippen LogP contribution in [0.2, 0.25) is 0 Å². The van der Waals surface area contributed by atoms with E-state index >= 15 is 0 Å². The molecule has 0 aliphatic heterocycles. The van der Waals surface area contributed by atoms with Crippen LogP contribution in [-0.2, 0) is 0 Å². The number of carbonyl (C=O) groups excluding carboxylic acids is 2. The molecule has 21 heavy (non-hydrogen) atoms. The van der Waals surface area contributed by atoms with E-state index in [-0.39, 0.29) is 11.8 Å². The lowest BCUT2D eigenvalue weighted by Gasteiger charge is -2.08. The van der Waals surface area contributed by atoms with Crippen molar-refractivity contribution in [2.45, 2.75) is 13.8 Å². The lowest BCUT2D eigenvalue weighted by Crippen LogP contribution is -2.18. The van der Waals surface area contributed by atoms with Crippen molar-refractivity contribution in [1.29, 1.82) is 0 Å². The summed E-state index contributed by atoms with van der Waals surface area (Å²) in [5, 5.41) is 5.38. The lowest BCUT2D eigenvalue weighted by molar-refractivity contribution is 0.0962. The first-order valence-electron chi connectivity index (χ1n) is 6.71. The van der Waals surface area contributed by atoms with Crippen LogP contribution in [0.15, 0.2) is 42.5 Å². The van der Waals surface area contributed by atoms with Gasteiger partial charge >= 0.3 is 0 Å². The average Bonchev–Trinajstić information content (AvgIpc) is 2.46. The van der Waals surface area contributed by atoms with Gasteiger partial charge in [0.15, 0.2) is 0 Å². The van der Waals surface area contributed by atoms with Crippen molar-refractivity contribution in [1.82, 2.24) is 5.32 Å². The maximum absolute atomic E-state index is 12.2. The van der Waals surface area contributed by atoms with Crippen molar-refractivity contribution in [2.24, 2.45) is 0 Å². The minimum Gasteiger partial charge on any atom is -0.355 e. The predicted molar refractivity (Wildman–Crippen MR) is 83.7 cm³/mol. The molecule has 0 aliphatic rings. The van der Waals surface area contributed by atoms with Crippen LogP contribution in [0.4, 0.5) is 5.69 Å². The van der Waals surface area contributed by atoms with Gasteiger partial charge < -0.3 is 10.6 Å². The number of nitrogens with one attached hydrogen (secondary N) is 2. The fourth-order valence-electron chi connectivity index (χ4n) is 2.16. The third-order valence-electron chi connectivity index (χ3n) is 3.12. The Bertz CT molecular complexity index is 655. The molecule has 0 unspecified atom stereocenters. The van der Waals surface area contributed by atoms with Crippen molar-refractivity contribution >= 4 is 17.5 Å². The third kappa shape index (κ3) is 3.69. The van der Waals surface area contributed by atoms with Crippen molar-refractivity contribution in [2.75, 3.05) is 12.4 Å². The molecular weight excluding hydrogens is 264 g/mol. The Morgan fingerprint density at radius 3 is 1.90 bits per heavy atom. The first-order chi connectivity index (χ1) is 9.99. The van der Waals surface area contributed by atoms with E-state index in [0.717, 1.165) is 11.1 Å². The summed E-state index contributed by atoms with van der Waals surface area (Å²) in [6.45, 7) is 3.92. The maximum atomic E-state index is 12.2. The van der Waals surface area contributed by atoms with Crippen molar-refractivity contribution in [3.05, 3.63) is 64.7 Å². The van der Waals surface area contributed by atoms with Gasteiger partial charge in [0.1, 0.15) is 0 Å². The number of carbonyl (C=O) groups is 2. The Hall–Kier alpha value is -2.62. The normalized spacial score (nSPS) is 10.0. The average molecular weight is 282 g/mol. The molecule has 0 fully saturated rings. The van der Waals surface area contributed by atoms with Crippen LogP contribution in [0, 0.1) is 13.8 Å². The van der Waals surface area contributed by atoms with Gasteiger partial charge in [0.05, 0.1) is 0 Å². The van der Waals surface area contributed by atoms with Crippen molar-refractivity contribution in [3.8, 4) is 0 Å². The zero-order valence-corrected chi connectivity index (χ0v) is 12.4. The minimum absolute atomic E-state index is 0.151. The van der Waals surface area contributed by atoms with Crippen LogP contribution in [0.1, 0.15) is 31.8 Å². The highest BCUT2D eigenvalue weighted by Gasteiger charge is 2.08. The molecule has 0 atom stereocenters. The Morgan fingerprint density at radius 1 is 0.810 bits per heavy atom. The Balaban J connectivity index is 2.14. The van der Waals surface area contributed by atoms with Gasteiger partial charge in [-0.25, -0.2) is 0 Å². The predicted octanol–water partition coefficient (Wildman–Crippen LogP) is 2.92. The monoisotopic (exact) mass is 282 g/mol. The Kier molecular flexibility index (Phi) is 4.38. The Labute approximate surface area is 124 Å². The number of amides is 2. The van der Waals surface area contributed by atoms with Crippen molar-refractivity contribution < 1.29 is 9.59 Å². The fraction of sp³-hybridized carbons (Fsp3) is 0.176. The van der Waals surface area contributed by atoms with Crippen LogP contribution >= 0.6 is 0 Å². The number of anilines is 1. The SMILES string of the molecule is CNC(=O)c1ccc(NC(=O)c2cc(C)cc(C)c2)cc1. The van der Waals surface area contributed by atoms with E-state index in [1.807, 2.05) is 32.0 Å². The zero-order valence-electron chi connectivity index (χ0n) is 12.4. The highest BCUT2D eigenvalue weighted by atomic mass is 16.2. The molecule has 0 heterocycles. The van der Waals surface area contributed by atoms with Gasteiger partial charge in [0, 0.05) is 23.9 Å². The van der Waals surface area contributed by atoms with Crippen LogP contribution in [0.3, 0.4) is 0 Å². The van der Waals surface area contributed by atoms with Crippen LogP contribution in [0.25, 0.3) is 0 Å². The number of hydrogen-bond donors (Lipinski definition) is 2. The molecule has 0 spiro atoms. The number of benzene rings is 2. The quantitative estimate of drug-likeness (QED) is 0.909. The second kappa shape index (κ2) is 6.22. The van der Waals surface area contributed by atoms with Gasteiger partial charge in [0.2, 0.25) is 0 Å². The summed E-state index contributed by atoms with van der Waals surface area (Å²) < 4.78 is 0. The highest BCUT2D eigenvalue weighted by Crippen LogP contribution is 2.13. The Morgan fingerprint density at radius 2 is 1.38 bits per heavy atom. The van der Waals surface area contributed by atoms with E-state index in [2.05, 4.69) is 10.6 Å². The molecule has 0 radical (unpaired) electrons. The van der Waals surface area contributed by atoms with E-state index in [0.29, 0.717) is 16.8 Å². The molecule has 2 aromatic rings. The van der Waals surface area contributed by atoms with Gasteiger partial charge in [-0.3, -0.25) is 9.59 Å². The van der Waals surface area contributed by atoms with E-state index in [1.54, 1.807) is 31.3 Å². The minimum atomic E-state index is -0.158. The van der Waals surface area contributed by atoms with Gasteiger partial charge in [-0.2, -0.15) is 0 Å². The van der Waals surface area contributed by atoms with Crippen LogP contribution in [0.5, 0.6) is 0 Å². The molecule has 0 bridgehead atoms. The van der Waals surface area contributed by atoms with Gasteiger partial charge in [0.25, 0.3) is 11.8 Å². The van der Waals surface area contributed by atoms with Gasteiger partial charge in [-0.05, 0) is 50.2 Å². The van der Waals surface area contributed by atoms with E-state index < -0.39 is 0 Å². The summed E-state index contributed by atoms with van der Waals surface area (Å²) in [6, 6.07) is 12.5. The molecule has 2 rings (SSSR count). The molecule has 0 saturated carbocycles. The molecule has 0 saturated heterocycles. The molecule has 4 nitrogen and oxygen atoms in total. The first-order valence-corrected chi connectivity index (χ1v) is 6.71. The standard InChI is InChI=1S/C17H18N2O2/c1-11-8-12(2)10-14(9-11)17(21)19-15-6-4-13(5-7-15)16(20)18-3/h4-10H,1-3H3,(H,18,20)(H,19,21). The summed E-state index contributed by atoms with van der Waals surface area (Å²) >= 11 is 0.